The number of amides is 1. The highest BCUT2D eigenvalue weighted by Gasteiger charge is 2.17. The van der Waals surface area contributed by atoms with Crippen LogP contribution >= 0.6 is 0 Å². The van der Waals surface area contributed by atoms with E-state index in [1.807, 2.05) is 45.0 Å². The number of hydrogen-bond acceptors (Lipinski definition) is 2. The summed E-state index contributed by atoms with van der Waals surface area (Å²) in [4.78, 5) is 11.7. The van der Waals surface area contributed by atoms with Crippen LogP contribution in [-0.4, -0.2) is 18.2 Å². The van der Waals surface area contributed by atoms with Crippen molar-refractivity contribution in [3.63, 3.8) is 0 Å². The molecule has 1 rings (SSSR count). The molecule has 0 saturated heterocycles. The minimum absolute atomic E-state index is 0.336. The van der Waals surface area contributed by atoms with Crippen molar-refractivity contribution < 1.29 is 9.53 Å². The molecule has 0 aliphatic rings. The molecule has 0 aliphatic heterocycles. The number of ether oxygens (including phenoxy) is 1. The van der Waals surface area contributed by atoms with Crippen LogP contribution in [0.5, 0.6) is 0 Å². The van der Waals surface area contributed by atoms with Crippen LogP contribution < -0.4 is 5.32 Å². The molecular formula is C17H25NO2. The fourth-order valence-electron chi connectivity index (χ4n) is 1.96. The third-order valence-electron chi connectivity index (χ3n) is 2.80. The molecule has 0 fully saturated rings. The molecular weight excluding hydrogens is 250 g/mol. The predicted octanol–water partition coefficient (Wildman–Crippen LogP) is 3.95. The number of hydrogen-bond donors (Lipinski definition) is 1. The lowest BCUT2D eigenvalue weighted by Crippen LogP contribution is -2.35. The van der Waals surface area contributed by atoms with Crippen molar-refractivity contribution in [3.05, 3.63) is 48.6 Å². The molecule has 0 bridgehead atoms. The Balaban J connectivity index is 2.47. The van der Waals surface area contributed by atoms with Crippen molar-refractivity contribution >= 4 is 6.09 Å². The van der Waals surface area contributed by atoms with Gasteiger partial charge in [0.25, 0.3) is 0 Å². The second kappa shape index (κ2) is 7.73. The summed E-state index contributed by atoms with van der Waals surface area (Å²) in [7, 11) is 0. The maximum atomic E-state index is 11.7. The van der Waals surface area contributed by atoms with Gasteiger partial charge in [0.15, 0.2) is 0 Å². The van der Waals surface area contributed by atoms with Gasteiger partial charge in [0.2, 0.25) is 0 Å². The van der Waals surface area contributed by atoms with Gasteiger partial charge in [0.05, 0.1) is 0 Å². The van der Waals surface area contributed by atoms with Gasteiger partial charge in [0.1, 0.15) is 5.60 Å². The lowest BCUT2D eigenvalue weighted by Gasteiger charge is -2.21. The fourth-order valence-corrected chi connectivity index (χ4v) is 1.96. The Labute approximate surface area is 122 Å². The molecule has 0 spiro atoms. The average Bonchev–Trinajstić information content (AvgIpc) is 2.35. The Kier molecular flexibility index (Phi) is 6.29. The lowest BCUT2D eigenvalue weighted by atomic mass is 9.96. The van der Waals surface area contributed by atoms with Crippen LogP contribution in [0.15, 0.2) is 43.0 Å². The first kappa shape index (κ1) is 16.3. The van der Waals surface area contributed by atoms with Crippen LogP contribution in [0.3, 0.4) is 0 Å². The van der Waals surface area contributed by atoms with Crippen LogP contribution in [0.4, 0.5) is 4.79 Å². The number of allylic oxidation sites excluding steroid dienone is 1. The molecule has 0 radical (unpaired) electrons. The summed E-state index contributed by atoms with van der Waals surface area (Å²) in [5.74, 6) is 0.336. The van der Waals surface area contributed by atoms with E-state index in [-0.39, 0.29) is 6.09 Å². The molecule has 1 N–H and O–H groups in total. The van der Waals surface area contributed by atoms with E-state index in [1.54, 1.807) is 0 Å². The molecule has 1 aromatic carbocycles. The molecule has 1 atom stereocenters. The minimum Gasteiger partial charge on any atom is -0.444 e. The van der Waals surface area contributed by atoms with E-state index in [4.69, 9.17) is 4.74 Å². The van der Waals surface area contributed by atoms with Crippen molar-refractivity contribution in [2.75, 3.05) is 6.54 Å². The summed E-state index contributed by atoms with van der Waals surface area (Å²) in [6, 6.07) is 10.3. The molecule has 0 aliphatic carbocycles. The number of rotatable bonds is 6. The molecule has 110 valence electrons. The third-order valence-corrected chi connectivity index (χ3v) is 2.80. The highest BCUT2D eigenvalue weighted by Crippen LogP contribution is 2.13. The number of carbonyl (C=O) groups excluding carboxylic acids is 1. The lowest BCUT2D eigenvalue weighted by molar-refractivity contribution is 0.0519. The second-order valence-electron chi connectivity index (χ2n) is 5.96. The molecule has 3 heteroatoms. The number of alkyl carbamates (subject to hydrolysis) is 1. The Morgan fingerprint density at radius 2 is 2.00 bits per heavy atom. The Morgan fingerprint density at radius 3 is 2.55 bits per heavy atom. The van der Waals surface area contributed by atoms with Crippen LogP contribution in [-0.2, 0) is 11.2 Å². The maximum absolute atomic E-state index is 11.7. The number of carbonyl (C=O) groups is 1. The SMILES string of the molecule is C=CC[C@H](CNC(=O)OC(C)(C)C)Cc1ccccc1. The molecule has 1 aromatic rings. The summed E-state index contributed by atoms with van der Waals surface area (Å²) >= 11 is 0. The second-order valence-corrected chi connectivity index (χ2v) is 5.96. The molecule has 1 amide bonds. The van der Waals surface area contributed by atoms with E-state index in [0.717, 1.165) is 12.8 Å². The van der Waals surface area contributed by atoms with Gasteiger partial charge >= 0.3 is 6.09 Å². The highest BCUT2D eigenvalue weighted by molar-refractivity contribution is 5.67. The third kappa shape index (κ3) is 6.98. The van der Waals surface area contributed by atoms with E-state index in [9.17, 15) is 4.79 Å². The van der Waals surface area contributed by atoms with Crippen molar-refractivity contribution in [1.29, 1.82) is 0 Å². The average molecular weight is 275 g/mol. The molecule has 0 saturated carbocycles. The van der Waals surface area contributed by atoms with Gasteiger partial charge in [-0.25, -0.2) is 4.79 Å². The summed E-state index contributed by atoms with van der Waals surface area (Å²) < 4.78 is 5.24. The molecule has 3 nitrogen and oxygen atoms in total. The van der Waals surface area contributed by atoms with Crippen molar-refractivity contribution in [2.45, 2.75) is 39.2 Å². The van der Waals surface area contributed by atoms with E-state index >= 15 is 0 Å². The van der Waals surface area contributed by atoms with E-state index in [2.05, 4.69) is 24.0 Å². The Morgan fingerprint density at radius 1 is 1.35 bits per heavy atom. The monoisotopic (exact) mass is 275 g/mol. The van der Waals surface area contributed by atoms with Crippen molar-refractivity contribution in [1.82, 2.24) is 5.32 Å². The fraction of sp³-hybridized carbons (Fsp3) is 0.471. The van der Waals surface area contributed by atoms with Gasteiger partial charge in [0, 0.05) is 6.54 Å². The summed E-state index contributed by atoms with van der Waals surface area (Å²) in [6.45, 7) is 9.95. The first-order valence-electron chi connectivity index (χ1n) is 7.02. The Hall–Kier alpha value is -1.77. The van der Waals surface area contributed by atoms with Gasteiger partial charge in [-0.2, -0.15) is 0 Å². The topological polar surface area (TPSA) is 38.3 Å². The van der Waals surface area contributed by atoms with E-state index < -0.39 is 5.60 Å². The van der Waals surface area contributed by atoms with Crippen LogP contribution in [0.2, 0.25) is 0 Å². The van der Waals surface area contributed by atoms with Gasteiger partial charge in [-0.05, 0) is 45.1 Å². The quantitative estimate of drug-likeness (QED) is 0.798. The smallest absolute Gasteiger partial charge is 0.407 e. The minimum atomic E-state index is -0.461. The summed E-state index contributed by atoms with van der Waals surface area (Å²) in [6.07, 6.45) is 3.32. The zero-order chi connectivity index (χ0) is 15.0. The summed E-state index contributed by atoms with van der Waals surface area (Å²) in [5, 5.41) is 2.84. The van der Waals surface area contributed by atoms with Crippen molar-refractivity contribution in [2.24, 2.45) is 5.92 Å². The van der Waals surface area contributed by atoms with Crippen molar-refractivity contribution in [3.8, 4) is 0 Å². The van der Waals surface area contributed by atoms with E-state index in [1.165, 1.54) is 5.56 Å². The first-order chi connectivity index (χ1) is 9.40. The first-order valence-corrected chi connectivity index (χ1v) is 7.02. The van der Waals surface area contributed by atoms with Crippen LogP contribution in [0.25, 0.3) is 0 Å². The van der Waals surface area contributed by atoms with Crippen LogP contribution in [0, 0.1) is 5.92 Å². The predicted molar refractivity (Wildman–Crippen MR) is 82.7 cm³/mol. The zero-order valence-corrected chi connectivity index (χ0v) is 12.7. The molecule has 0 unspecified atom stereocenters. The van der Waals surface area contributed by atoms with Gasteiger partial charge in [-0.1, -0.05) is 36.4 Å². The highest BCUT2D eigenvalue weighted by atomic mass is 16.6. The Bertz CT molecular complexity index is 420. The molecule has 0 heterocycles. The number of nitrogens with one attached hydrogen (secondary N) is 1. The summed E-state index contributed by atoms with van der Waals surface area (Å²) in [5.41, 5.74) is 0.808. The van der Waals surface area contributed by atoms with Gasteiger partial charge in [-0.15, -0.1) is 6.58 Å². The largest absolute Gasteiger partial charge is 0.444 e. The zero-order valence-electron chi connectivity index (χ0n) is 12.7. The van der Waals surface area contributed by atoms with Crippen LogP contribution in [0.1, 0.15) is 32.8 Å². The molecule has 20 heavy (non-hydrogen) atoms. The normalized spacial score (nSPS) is 12.6. The van der Waals surface area contributed by atoms with Gasteiger partial charge in [-0.3, -0.25) is 0 Å². The van der Waals surface area contributed by atoms with Gasteiger partial charge < -0.3 is 10.1 Å². The molecule has 0 aromatic heterocycles. The standard InChI is InChI=1S/C17H25NO2/c1-5-9-15(12-14-10-7-6-8-11-14)13-18-16(19)20-17(2,3)4/h5-8,10-11,15H,1,9,12-13H2,2-4H3,(H,18,19)/t15-/m0/s1. The number of benzene rings is 1. The van der Waals surface area contributed by atoms with E-state index in [0.29, 0.717) is 12.5 Å². The maximum Gasteiger partial charge on any atom is 0.407 e.